The van der Waals surface area contributed by atoms with Gasteiger partial charge in [0.1, 0.15) is 0 Å². The van der Waals surface area contributed by atoms with Crippen LogP contribution in [0.2, 0.25) is 0 Å². The number of nitrogens with one attached hydrogen (secondary N) is 2. The molecular weight excluding hydrogens is 174 g/mol. The van der Waals surface area contributed by atoms with E-state index in [2.05, 4.69) is 21.6 Å². The summed E-state index contributed by atoms with van der Waals surface area (Å²) in [4.78, 5) is 0. The molecule has 1 saturated carbocycles. The minimum absolute atomic E-state index is 0.719. The van der Waals surface area contributed by atoms with Crippen molar-refractivity contribution in [3.8, 4) is 0 Å². The molecule has 0 aromatic carbocycles. The van der Waals surface area contributed by atoms with Crippen molar-refractivity contribution >= 4 is 0 Å². The smallest absolute Gasteiger partial charge is 0.0655 e. The van der Waals surface area contributed by atoms with E-state index in [0.717, 1.165) is 24.9 Å². The number of hydrogen-bond donors (Lipinski definition) is 2. The van der Waals surface area contributed by atoms with E-state index in [9.17, 15) is 0 Å². The van der Waals surface area contributed by atoms with Crippen LogP contribution in [-0.2, 0) is 0 Å². The Kier molecular flexibility index (Phi) is 2.05. The lowest BCUT2D eigenvalue weighted by molar-refractivity contribution is 0.453. The van der Waals surface area contributed by atoms with Gasteiger partial charge in [0.15, 0.2) is 0 Å². The Labute approximate surface area is 84.3 Å². The molecule has 0 bridgehead atoms. The van der Waals surface area contributed by atoms with Crippen molar-refractivity contribution in [1.29, 1.82) is 0 Å². The van der Waals surface area contributed by atoms with Gasteiger partial charge in [0.25, 0.3) is 0 Å². The van der Waals surface area contributed by atoms with Gasteiger partial charge in [-0.3, -0.25) is 5.10 Å². The number of H-pyrrole nitrogens is 1. The number of hydrogen-bond acceptors (Lipinski definition) is 2. The molecule has 0 amide bonds. The Bertz CT molecular complexity index is 308. The minimum atomic E-state index is 0.719. The van der Waals surface area contributed by atoms with E-state index < -0.39 is 0 Å². The molecule has 14 heavy (non-hydrogen) atoms. The quantitative estimate of drug-likeness (QED) is 0.747. The maximum Gasteiger partial charge on any atom is 0.0655 e. The molecule has 0 unspecified atom stereocenters. The summed E-state index contributed by atoms with van der Waals surface area (Å²) in [5.41, 5.74) is 2.67. The lowest BCUT2D eigenvalue weighted by atomic mass is 9.94. The highest BCUT2D eigenvalue weighted by Crippen LogP contribution is 2.40. The van der Waals surface area contributed by atoms with Gasteiger partial charge in [-0.25, -0.2) is 0 Å². The van der Waals surface area contributed by atoms with Crippen LogP contribution in [0, 0.1) is 0 Å². The van der Waals surface area contributed by atoms with Crippen molar-refractivity contribution in [1.82, 2.24) is 15.5 Å². The van der Waals surface area contributed by atoms with Crippen LogP contribution in [0.1, 0.15) is 48.9 Å². The summed E-state index contributed by atoms with van der Waals surface area (Å²) in [6.45, 7) is 2.31. The fourth-order valence-corrected chi connectivity index (χ4v) is 2.28. The molecule has 3 nitrogen and oxygen atoms in total. The van der Waals surface area contributed by atoms with E-state index in [-0.39, 0.29) is 0 Å². The third kappa shape index (κ3) is 1.57. The molecule has 76 valence electrons. The molecule has 1 aromatic rings. The Morgan fingerprint density at radius 2 is 1.86 bits per heavy atom. The molecule has 0 spiro atoms. The number of aromatic nitrogens is 2. The second-order valence-corrected chi connectivity index (χ2v) is 4.55. The topological polar surface area (TPSA) is 40.7 Å². The van der Waals surface area contributed by atoms with E-state index in [1.807, 2.05) is 0 Å². The van der Waals surface area contributed by atoms with Crippen LogP contribution in [0.25, 0.3) is 0 Å². The predicted octanol–water partition coefficient (Wildman–Crippen LogP) is 1.75. The molecule has 3 heteroatoms. The number of aromatic amines is 1. The molecule has 1 saturated heterocycles. The third-order valence-corrected chi connectivity index (χ3v) is 3.39. The van der Waals surface area contributed by atoms with E-state index in [0.29, 0.717) is 0 Å². The second-order valence-electron chi connectivity index (χ2n) is 4.55. The summed E-state index contributed by atoms with van der Waals surface area (Å²) in [6.07, 6.45) is 5.20. The zero-order chi connectivity index (χ0) is 9.38. The van der Waals surface area contributed by atoms with Gasteiger partial charge in [0, 0.05) is 17.5 Å². The van der Waals surface area contributed by atoms with Gasteiger partial charge in [-0.1, -0.05) is 0 Å². The molecule has 1 aliphatic heterocycles. The first-order valence-electron chi connectivity index (χ1n) is 5.69. The van der Waals surface area contributed by atoms with E-state index in [4.69, 9.17) is 0 Å². The van der Waals surface area contributed by atoms with Crippen LogP contribution < -0.4 is 5.32 Å². The zero-order valence-electron chi connectivity index (χ0n) is 8.42. The first-order valence-corrected chi connectivity index (χ1v) is 5.69. The normalized spacial score (nSPS) is 24.0. The highest BCUT2D eigenvalue weighted by atomic mass is 15.1. The lowest BCUT2D eigenvalue weighted by Gasteiger charge is -2.20. The maximum atomic E-state index is 4.41. The van der Waals surface area contributed by atoms with Gasteiger partial charge >= 0.3 is 0 Å². The molecule has 2 heterocycles. The summed E-state index contributed by atoms with van der Waals surface area (Å²) in [5.74, 6) is 1.50. The van der Waals surface area contributed by atoms with Crippen molar-refractivity contribution in [2.24, 2.45) is 0 Å². The first kappa shape index (κ1) is 8.48. The SMILES string of the molecule is c1c(C2CC2)n[nH]c1C1CCNCC1. The van der Waals surface area contributed by atoms with Gasteiger partial charge in [-0.2, -0.15) is 5.10 Å². The summed E-state index contributed by atoms with van der Waals surface area (Å²) < 4.78 is 0. The van der Waals surface area contributed by atoms with E-state index >= 15 is 0 Å². The van der Waals surface area contributed by atoms with Gasteiger partial charge in [0.2, 0.25) is 0 Å². The molecule has 0 atom stereocenters. The molecule has 0 radical (unpaired) electrons. The molecular formula is C11H17N3. The largest absolute Gasteiger partial charge is 0.317 e. The standard InChI is InChI=1S/C11H17N3/c1-2-8(1)10-7-11(14-13-10)9-3-5-12-6-4-9/h7-9,12H,1-6H2,(H,13,14). The van der Waals surface area contributed by atoms with Crippen molar-refractivity contribution in [2.75, 3.05) is 13.1 Å². The van der Waals surface area contributed by atoms with Crippen LogP contribution in [0.4, 0.5) is 0 Å². The first-order chi connectivity index (χ1) is 6.93. The van der Waals surface area contributed by atoms with Crippen LogP contribution in [0.15, 0.2) is 6.07 Å². The fraction of sp³-hybridized carbons (Fsp3) is 0.727. The second kappa shape index (κ2) is 3.39. The molecule has 1 aliphatic carbocycles. The van der Waals surface area contributed by atoms with Crippen molar-refractivity contribution in [2.45, 2.75) is 37.5 Å². The summed E-state index contributed by atoms with van der Waals surface area (Å²) in [7, 11) is 0. The van der Waals surface area contributed by atoms with E-state index in [1.54, 1.807) is 0 Å². The highest BCUT2D eigenvalue weighted by Gasteiger charge is 2.27. The van der Waals surface area contributed by atoms with E-state index in [1.165, 1.54) is 37.1 Å². The van der Waals surface area contributed by atoms with Crippen LogP contribution in [0.3, 0.4) is 0 Å². The number of rotatable bonds is 2. The molecule has 3 rings (SSSR count). The number of piperidine rings is 1. The summed E-state index contributed by atoms with van der Waals surface area (Å²) >= 11 is 0. The Morgan fingerprint density at radius 3 is 2.57 bits per heavy atom. The lowest BCUT2D eigenvalue weighted by Crippen LogP contribution is -2.26. The van der Waals surface area contributed by atoms with Gasteiger partial charge in [-0.15, -0.1) is 0 Å². The highest BCUT2D eigenvalue weighted by molar-refractivity contribution is 5.20. The monoisotopic (exact) mass is 191 g/mol. The Morgan fingerprint density at radius 1 is 1.07 bits per heavy atom. The molecule has 1 aromatic heterocycles. The van der Waals surface area contributed by atoms with Gasteiger partial charge < -0.3 is 5.32 Å². The predicted molar refractivity (Wildman–Crippen MR) is 55.4 cm³/mol. The molecule has 2 aliphatic rings. The molecule has 2 fully saturated rings. The third-order valence-electron chi connectivity index (χ3n) is 3.39. The average molecular weight is 191 g/mol. The van der Waals surface area contributed by atoms with Crippen LogP contribution >= 0.6 is 0 Å². The summed E-state index contributed by atoms with van der Waals surface area (Å²) in [6, 6.07) is 2.30. The van der Waals surface area contributed by atoms with Crippen LogP contribution in [-0.4, -0.2) is 23.3 Å². The zero-order valence-corrected chi connectivity index (χ0v) is 8.42. The molecule has 2 N–H and O–H groups in total. The van der Waals surface area contributed by atoms with Gasteiger partial charge in [-0.05, 0) is 44.8 Å². The minimum Gasteiger partial charge on any atom is -0.317 e. The van der Waals surface area contributed by atoms with Crippen molar-refractivity contribution in [3.63, 3.8) is 0 Å². The fourth-order valence-electron chi connectivity index (χ4n) is 2.28. The average Bonchev–Trinajstić information content (AvgIpc) is 2.98. The Balaban J connectivity index is 1.74. The van der Waals surface area contributed by atoms with Crippen molar-refractivity contribution in [3.05, 3.63) is 17.5 Å². The van der Waals surface area contributed by atoms with Crippen LogP contribution in [0.5, 0.6) is 0 Å². The Hall–Kier alpha value is -0.830. The summed E-state index contributed by atoms with van der Waals surface area (Å²) in [5, 5.41) is 11.0. The number of nitrogens with zero attached hydrogens (tertiary/aromatic N) is 1. The maximum absolute atomic E-state index is 4.41. The van der Waals surface area contributed by atoms with Crippen molar-refractivity contribution < 1.29 is 0 Å². The van der Waals surface area contributed by atoms with Gasteiger partial charge in [0.05, 0.1) is 5.69 Å².